The third-order valence-electron chi connectivity index (χ3n) is 8.56. The molecule has 1 unspecified atom stereocenters. The van der Waals surface area contributed by atoms with Gasteiger partial charge in [0.25, 0.3) is 0 Å². The number of ether oxygens (including phenoxy) is 3. The lowest BCUT2D eigenvalue weighted by molar-refractivity contribution is -0.158. The third kappa shape index (κ3) is 12.1. The lowest BCUT2D eigenvalue weighted by Crippen LogP contribution is -2.44. The maximum Gasteiger partial charge on any atom is 0.324 e. The summed E-state index contributed by atoms with van der Waals surface area (Å²) in [6.45, 7) is 0.934. The lowest BCUT2D eigenvalue weighted by Gasteiger charge is -2.32. The van der Waals surface area contributed by atoms with E-state index in [1.807, 2.05) is 140 Å². The van der Waals surface area contributed by atoms with Crippen molar-refractivity contribution in [3.63, 3.8) is 0 Å². The van der Waals surface area contributed by atoms with Crippen molar-refractivity contribution in [1.29, 1.82) is 0 Å². The number of carbonyl (C=O) groups excluding carboxylic acids is 1. The van der Waals surface area contributed by atoms with E-state index in [2.05, 4.69) is 4.90 Å². The molecule has 5 aromatic carbocycles. The van der Waals surface area contributed by atoms with Crippen LogP contribution in [-0.2, 0) is 42.3 Å². The molecule has 0 bridgehead atoms. The largest absolute Gasteiger partial charge is 0.485 e. The predicted octanol–water partition coefficient (Wildman–Crippen LogP) is 6.50. The van der Waals surface area contributed by atoms with Gasteiger partial charge < -0.3 is 29.5 Å². The number of nitrogens with zero attached hydrogens (tertiary/aromatic N) is 1. The summed E-state index contributed by atoms with van der Waals surface area (Å²) >= 11 is 0. The topological polar surface area (TPSA) is 109 Å². The summed E-state index contributed by atoms with van der Waals surface area (Å²) in [5.41, 5.74) is 4.94. The monoisotopic (exact) mass is 689 g/mol. The molecule has 0 fully saturated rings. The molecule has 0 aliphatic rings. The molecule has 0 aliphatic heterocycles. The maximum atomic E-state index is 14.3. The van der Waals surface area contributed by atoms with Crippen LogP contribution in [0.4, 0.5) is 0 Å². The molecule has 0 saturated heterocycles. The molecular weight excluding hydrogens is 642 g/mol. The lowest BCUT2D eigenvalue weighted by atomic mass is 10.0. The summed E-state index contributed by atoms with van der Waals surface area (Å²) < 4.78 is 18.7. The minimum absolute atomic E-state index is 0.0117. The van der Waals surface area contributed by atoms with Crippen molar-refractivity contribution in [2.75, 3.05) is 13.2 Å². The second-order valence-electron chi connectivity index (χ2n) is 12.6. The molecule has 8 heteroatoms. The Morgan fingerprint density at radius 2 is 1.10 bits per heavy atom. The first-order valence-corrected chi connectivity index (χ1v) is 17.4. The number of rotatable bonds is 20. The number of aliphatic hydroxyl groups excluding tert-OH is 3. The molecule has 8 nitrogen and oxygen atoms in total. The molecule has 0 spiro atoms. The van der Waals surface area contributed by atoms with Gasteiger partial charge in [0, 0.05) is 32.5 Å². The molecular formula is C43H47NO7. The van der Waals surface area contributed by atoms with E-state index in [1.165, 1.54) is 0 Å². The van der Waals surface area contributed by atoms with E-state index in [9.17, 15) is 20.1 Å². The fourth-order valence-corrected chi connectivity index (χ4v) is 5.87. The van der Waals surface area contributed by atoms with Crippen LogP contribution in [0, 0.1) is 0 Å². The van der Waals surface area contributed by atoms with Gasteiger partial charge in [-0.3, -0.25) is 9.69 Å². The molecule has 51 heavy (non-hydrogen) atoms. The summed E-state index contributed by atoms with van der Waals surface area (Å²) in [7, 11) is 0. The van der Waals surface area contributed by atoms with Crippen molar-refractivity contribution in [3.05, 3.63) is 167 Å². The molecule has 0 aliphatic carbocycles. The number of carbonyl (C=O) groups is 1. The van der Waals surface area contributed by atoms with Crippen LogP contribution >= 0.6 is 0 Å². The molecule has 5 rings (SSSR count). The molecule has 0 heterocycles. The predicted molar refractivity (Wildman–Crippen MR) is 197 cm³/mol. The molecule has 5 aromatic rings. The Balaban J connectivity index is 1.48. The van der Waals surface area contributed by atoms with Gasteiger partial charge in [-0.15, -0.1) is 0 Å². The van der Waals surface area contributed by atoms with Crippen molar-refractivity contribution in [2.45, 2.75) is 63.8 Å². The summed E-state index contributed by atoms with van der Waals surface area (Å²) in [4.78, 5) is 16.4. The Morgan fingerprint density at radius 3 is 1.59 bits per heavy atom. The molecule has 3 atom stereocenters. The normalized spacial score (nSPS) is 12.9. The van der Waals surface area contributed by atoms with Gasteiger partial charge in [-0.25, -0.2) is 0 Å². The second-order valence-corrected chi connectivity index (χ2v) is 12.6. The van der Waals surface area contributed by atoms with E-state index in [0.29, 0.717) is 37.8 Å². The first-order valence-electron chi connectivity index (χ1n) is 17.4. The molecule has 266 valence electrons. The Kier molecular flexibility index (Phi) is 14.6. The highest BCUT2D eigenvalue weighted by atomic mass is 16.5. The van der Waals surface area contributed by atoms with Crippen molar-refractivity contribution in [3.8, 4) is 11.5 Å². The van der Waals surface area contributed by atoms with Gasteiger partial charge in [-0.1, -0.05) is 127 Å². The zero-order chi connectivity index (χ0) is 35.7. The highest BCUT2D eigenvalue weighted by molar-refractivity contribution is 5.76. The SMILES string of the molecule is O=C(O[C@H](CCO)C[C@H](O)CO)C(Cc1ccc(OCc2ccccc2)c(OCc2ccccc2)c1)N(Cc1ccccc1)Cc1ccccc1. The van der Waals surface area contributed by atoms with Crippen LogP contribution < -0.4 is 9.47 Å². The first-order chi connectivity index (χ1) is 25.0. The Bertz CT molecular complexity index is 1680. The smallest absolute Gasteiger partial charge is 0.324 e. The highest BCUT2D eigenvalue weighted by Crippen LogP contribution is 2.32. The van der Waals surface area contributed by atoms with E-state index >= 15 is 0 Å². The summed E-state index contributed by atoms with van der Waals surface area (Å²) in [5, 5.41) is 29.4. The fourth-order valence-electron chi connectivity index (χ4n) is 5.87. The minimum Gasteiger partial charge on any atom is -0.485 e. The van der Waals surface area contributed by atoms with Crippen LogP contribution in [0.1, 0.15) is 40.7 Å². The minimum atomic E-state index is -1.08. The number of benzene rings is 5. The van der Waals surface area contributed by atoms with Crippen LogP contribution in [0.15, 0.2) is 140 Å². The number of aliphatic hydroxyl groups is 3. The second kappa shape index (κ2) is 20.0. The summed E-state index contributed by atoms with van der Waals surface area (Å²) in [6.07, 6.45) is -1.42. The van der Waals surface area contributed by atoms with Crippen molar-refractivity contribution >= 4 is 5.97 Å². The van der Waals surface area contributed by atoms with Gasteiger partial charge in [-0.2, -0.15) is 0 Å². The van der Waals surface area contributed by atoms with E-state index in [1.54, 1.807) is 0 Å². The van der Waals surface area contributed by atoms with Crippen LogP contribution in [0.5, 0.6) is 11.5 Å². The Morgan fingerprint density at radius 1 is 0.608 bits per heavy atom. The molecule has 0 radical (unpaired) electrons. The average Bonchev–Trinajstić information content (AvgIpc) is 3.17. The van der Waals surface area contributed by atoms with Gasteiger partial charge in [-0.05, 0) is 46.4 Å². The standard InChI is InChI=1S/C43H47NO7/c45-24-23-39(27-38(47)30-46)51-43(48)40(44(28-33-13-5-1-6-14-33)29-34-15-7-2-8-16-34)25-37-21-22-41(49-31-35-17-9-3-10-18-35)42(26-37)50-32-36-19-11-4-12-20-36/h1-22,26,38-40,45-47H,23-25,27-32H2/t38-,39+,40?/m0/s1. The summed E-state index contributed by atoms with van der Waals surface area (Å²) in [5.74, 6) is 0.659. The number of hydrogen-bond acceptors (Lipinski definition) is 8. The average molecular weight is 690 g/mol. The van der Waals surface area contributed by atoms with Crippen LogP contribution in [0.2, 0.25) is 0 Å². The van der Waals surface area contributed by atoms with Crippen molar-refractivity contribution < 1.29 is 34.3 Å². The Labute approximate surface area is 300 Å². The fraction of sp³-hybridized carbons (Fsp3) is 0.279. The quantitative estimate of drug-likeness (QED) is 0.0796. The van der Waals surface area contributed by atoms with E-state index in [4.69, 9.17) is 14.2 Å². The summed E-state index contributed by atoms with van der Waals surface area (Å²) in [6, 6.07) is 44.8. The third-order valence-corrected chi connectivity index (χ3v) is 8.56. The van der Waals surface area contributed by atoms with Crippen molar-refractivity contribution in [2.24, 2.45) is 0 Å². The van der Waals surface area contributed by atoms with Gasteiger partial charge in [0.1, 0.15) is 25.4 Å². The van der Waals surface area contributed by atoms with Crippen LogP contribution in [0.25, 0.3) is 0 Å². The maximum absolute atomic E-state index is 14.3. The number of esters is 1. The first kappa shape index (κ1) is 37.3. The molecule has 0 amide bonds. The number of hydrogen-bond donors (Lipinski definition) is 3. The highest BCUT2D eigenvalue weighted by Gasteiger charge is 2.31. The molecule has 0 aromatic heterocycles. The van der Waals surface area contributed by atoms with E-state index in [0.717, 1.165) is 27.8 Å². The van der Waals surface area contributed by atoms with Crippen molar-refractivity contribution in [1.82, 2.24) is 4.90 Å². The van der Waals surface area contributed by atoms with Crippen LogP contribution in [-0.4, -0.2) is 57.7 Å². The molecule has 0 saturated carbocycles. The zero-order valence-corrected chi connectivity index (χ0v) is 28.8. The zero-order valence-electron chi connectivity index (χ0n) is 28.8. The Hall–Kier alpha value is -4.99. The van der Waals surface area contributed by atoms with Gasteiger partial charge >= 0.3 is 5.97 Å². The van der Waals surface area contributed by atoms with Gasteiger partial charge in [0.05, 0.1) is 12.7 Å². The van der Waals surface area contributed by atoms with Gasteiger partial charge in [0.2, 0.25) is 0 Å². The van der Waals surface area contributed by atoms with Crippen LogP contribution in [0.3, 0.4) is 0 Å². The van der Waals surface area contributed by atoms with E-state index < -0.39 is 30.8 Å². The van der Waals surface area contributed by atoms with Gasteiger partial charge in [0.15, 0.2) is 11.5 Å². The molecule has 3 N–H and O–H groups in total. The van der Waals surface area contributed by atoms with E-state index in [-0.39, 0.29) is 25.9 Å².